The van der Waals surface area contributed by atoms with Crippen molar-refractivity contribution in [1.29, 1.82) is 0 Å². The highest BCUT2D eigenvalue weighted by Gasteiger charge is 2.26. The molecule has 0 spiro atoms. The van der Waals surface area contributed by atoms with E-state index in [4.69, 9.17) is 23.2 Å². The van der Waals surface area contributed by atoms with Crippen LogP contribution in [-0.2, 0) is 11.3 Å². The minimum absolute atomic E-state index is 0.0117. The highest BCUT2D eigenvalue weighted by Crippen LogP contribution is 2.24. The number of halogens is 2. The zero-order valence-corrected chi connectivity index (χ0v) is 14.9. The molecule has 1 fully saturated rings. The van der Waals surface area contributed by atoms with Crippen molar-refractivity contribution in [3.8, 4) is 0 Å². The smallest absolute Gasteiger partial charge is 0.228 e. The molecule has 0 aromatic heterocycles. The maximum Gasteiger partial charge on any atom is 0.228 e. The van der Waals surface area contributed by atoms with E-state index in [1.54, 1.807) is 6.07 Å². The predicted molar refractivity (Wildman–Crippen MR) is 99.5 cm³/mol. The van der Waals surface area contributed by atoms with E-state index in [1.165, 1.54) is 5.56 Å². The van der Waals surface area contributed by atoms with Crippen molar-refractivity contribution in [2.45, 2.75) is 19.4 Å². The van der Waals surface area contributed by atoms with Crippen molar-refractivity contribution in [1.82, 2.24) is 4.90 Å². The summed E-state index contributed by atoms with van der Waals surface area (Å²) >= 11 is 12.1. The van der Waals surface area contributed by atoms with E-state index < -0.39 is 0 Å². The van der Waals surface area contributed by atoms with Gasteiger partial charge in [0, 0.05) is 18.1 Å². The number of nitrogens with one attached hydrogen (secondary N) is 1. The molecule has 1 amide bonds. The molecule has 5 heteroatoms. The first-order valence-corrected chi connectivity index (χ1v) is 8.89. The summed E-state index contributed by atoms with van der Waals surface area (Å²) in [6.07, 6.45) is 1.93. The normalized spacial score (nSPS) is 18.3. The first-order valence-electron chi connectivity index (χ1n) is 8.14. The van der Waals surface area contributed by atoms with Gasteiger partial charge < -0.3 is 5.32 Å². The van der Waals surface area contributed by atoms with Crippen LogP contribution in [0.25, 0.3) is 0 Å². The van der Waals surface area contributed by atoms with E-state index in [1.807, 2.05) is 42.5 Å². The predicted octanol–water partition coefficient (Wildman–Crippen LogP) is 4.84. The summed E-state index contributed by atoms with van der Waals surface area (Å²) < 4.78 is 0. The molecule has 0 saturated carbocycles. The van der Waals surface area contributed by atoms with Crippen LogP contribution in [0.2, 0.25) is 10.0 Å². The van der Waals surface area contributed by atoms with Crippen LogP contribution in [0.3, 0.4) is 0 Å². The number of amides is 1. The van der Waals surface area contributed by atoms with Crippen LogP contribution in [0, 0.1) is 5.92 Å². The molecule has 24 heavy (non-hydrogen) atoms. The number of nitrogens with zero attached hydrogens (tertiary/aromatic N) is 1. The lowest BCUT2D eigenvalue weighted by molar-refractivity contribution is -0.121. The molecular weight excluding hydrogens is 343 g/mol. The minimum atomic E-state index is -0.0117. The lowest BCUT2D eigenvalue weighted by atomic mass is 9.96. The maximum absolute atomic E-state index is 12.5. The number of carbonyl (C=O) groups is 1. The van der Waals surface area contributed by atoms with Gasteiger partial charge >= 0.3 is 0 Å². The number of piperidine rings is 1. The Labute approximate surface area is 152 Å². The average molecular weight is 363 g/mol. The molecule has 3 nitrogen and oxygen atoms in total. The summed E-state index contributed by atoms with van der Waals surface area (Å²) in [4.78, 5) is 14.9. The Morgan fingerprint density at radius 3 is 2.62 bits per heavy atom. The summed E-state index contributed by atoms with van der Waals surface area (Å²) in [6.45, 7) is 2.62. The Morgan fingerprint density at radius 2 is 1.88 bits per heavy atom. The number of hydrogen-bond acceptors (Lipinski definition) is 2. The number of likely N-dealkylation sites (tertiary alicyclic amines) is 1. The van der Waals surface area contributed by atoms with E-state index in [9.17, 15) is 4.79 Å². The molecule has 2 aromatic carbocycles. The average Bonchev–Trinajstić information content (AvgIpc) is 2.59. The van der Waals surface area contributed by atoms with Crippen molar-refractivity contribution in [2.75, 3.05) is 18.4 Å². The highest BCUT2D eigenvalue weighted by molar-refractivity contribution is 6.33. The molecule has 126 valence electrons. The van der Waals surface area contributed by atoms with E-state index in [2.05, 4.69) is 10.2 Å². The number of benzene rings is 2. The maximum atomic E-state index is 12.5. The molecule has 1 unspecified atom stereocenters. The van der Waals surface area contributed by atoms with Gasteiger partial charge in [-0.05, 0) is 49.2 Å². The van der Waals surface area contributed by atoms with Crippen molar-refractivity contribution < 1.29 is 4.79 Å². The molecule has 0 bridgehead atoms. The SMILES string of the molecule is O=C(Nc1ccccc1Cl)C1CCCN(Cc2ccc(Cl)cc2)C1. The molecule has 1 heterocycles. The second-order valence-corrected chi connectivity index (χ2v) is 7.01. The third kappa shape index (κ3) is 4.50. The van der Waals surface area contributed by atoms with Gasteiger partial charge in [0.15, 0.2) is 0 Å². The second-order valence-electron chi connectivity index (χ2n) is 6.17. The molecule has 1 aliphatic heterocycles. The van der Waals surface area contributed by atoms with Gasteiger partial charge in [-0.1, -0.05) is 47.5 Å². The second kappa shape index (κ2) is 8.02. The zero-order valence-electron chi connectivity index (χ0n) is 13.3. The fourth-order valence-electron chi connectivity index (χ4n) is 3.06. The van der Waals surface area contributed by atoms with E-state index in [-0.39, 0.29) is 11.8 Å². The molecule has 1 N–H and O–H groups in total. The monoisotopic (exact) mass is 362 g/mol. The van der Waals surface area contributed by atoms with Gasteiger partial charge in [-0.25, -0.2) is 0 Å². The van der Waals surface area contributed by atoms with Gasteiger partial charge in [0.25, 0.3) is 0 Å². The first kappa shape index (κ1) is 17.3. The third-order valence-electron chi connectivity index (χ3n) is 4.33. The Hall–Kier alpha value is -1.55. The largest absolute Gasteiger partial charge is 0.324 e. The van der Waals surface area contributed by atoms with Crippen LogP contribution in [0.1, 0.15) is 18.4 Å². The minimum Gasteiger partial charge on any atom is -0.324 e. The van der Waals surface area contributed by atoms with E-state index in [0.29, 0.717) is 10.7 Å². The van der Waals surface area contributed by atoms with Crippen LogP contribution in [0.4, 0.5) is 5.69 Å². The highest BCUT2D eigenvalue weighted by atomic mass is 35.5. The Bertz CT molecular complexity index is 703. The van der Waals surface area contributed by atoms with Crippen LogP contribution in [0.5, 0.6) is 0 Å². The van der Waals surface area contributed by atoms with Gasteiger partial charge in [-0.15, -0.1) is 0 Å². The number of hydrogen-bond donors (Lipinski definition) is 1. The van der Waals surface area contributed by atoms with E-state index in [0.717, 1.165) is 37.5 Å². The Kier molecular flexibility index (Phi) is 5.77. The van der Waals surface area contributed by atoms with Gasteiger partial charge in [0.1, 0.15) is 0 Å². The summed E-state index contributed by atoms with van der Waals surface area (Å²) in [6, 6.07) is 15.2. The molecule has 3 rings (SSSR count). The molecule has 1 atom stereocenters. The van der Waals surface area contributed by atoms with Gasteiger partial charge in [0.05, 0.1) is 16.6 Å². The molecule has 1 saturated heterocycles. The molecule has 0 radical (unpaired) electrons. The van der Waals surface area contributed by atoms with Crippen LogP contribution >= 0.6 is 23.2 Å². The zero-order chi connectivity index (χ0) is 16.9. The Balaban J connectivity index is 1.59. The lowest BCUT2D eigenvalue weighted by Gasteiger charge is -2.32. The van der Waals surface area contributed by atoms with Crippen LogP contribution in [-0.4, -0.2) is 23.9 Å². The topological polar surface area (TPSA) is 32.3 Å². The van der Waals surface area contributed by atoms with Crippen molar-refractivity contribution in [3.05, 3.63) is 64.1 Å². The summed E-state index contributed by atoms with van der Waals surface area (Å²) in [5.41, 5.74) is 1.89. The third-order valence-corrected chi connectivity index (χ3v) is 4.91. The fourth-order valence-corrected chi connectivity index (χ4v) is 3.37. The number of rotatable bonds is 4. The molecule has 0 aliphatic carbocycles. The molecular formula is C19H20Cl2N2O. The first-order chi connectivity index (χ1) is 11.6. The van der Waals surface area contributed by atoms with Gasteiger partial charge in [-0.3, -0.25) is 9.69 Å². The lowest BCUT2D eigenvalue weighted by Crippen LogP contribution is -2.40. The van der Waals surface area contributed by atoms with Crippen molar-refractivity contribution in [3.63, 3.8) is 0 Å². The Morgan fingerprint density at radius 1 is 1.12 bits per heavy atom. The standard InChI is InChI=1S/C19H20Cl2N2O/c20-16-9-7-14(8-10-16)12-23-11-3-4-15(13-23)19(24)22-18-6-2-1-5-17(18)21/h1-2,5-10,15H,3-4,11-13H2,(H,22,24). The fraction of sp³-hybridized carbons (Fsp3) is 0.316. The van der Waals surface area contributed by atoms with Crippen molar-refractivity contribution in [2.24, 2.45) is 5.92 Å². The summed E-state index contributed by atoms with van der Waals surface area (Å²) in [5.74, 6) is 0.0335. The van der Waals surface area contributed by atoms with Crippen LogP contribution < -0.4 is 5.32 Å². The number of para-hydroxylation sites is 1. The quantitative estimate of drug-likeness (QED) is 0.843. The van der Waals surface area contributed by atoms with Crippen molar-refractivity contribution >= 4 is 34.8 Å². The molecule has 1 aliphatic rings. The van der Waals surface area contributed by atoms with Crippen LogP contribution in [0.15, 0.2) is 48.5 Å². The summed E-state index contributed by atoms with van der Waals surface area (Å²) in [5, 5.41) is 4.27. The number of carbonyl (C=O) groups excluding carboxylic acids is 1. The van der Waals surface area contributed by atoms with Gasteiger partial charge in [0.2, 0.25) is 5.91 Å². The summed E-state index contributed by atoms with van der Waals surface area (Å²) in [7, 11) is 0. The molecule has 2 aromatic rings. The van der Waals surface area contributed by atoms with E-state index >= 15 is 0 Å². The number of anilines is 1. The van der Waals surface area contributed by atoms with Gasteiger partial charge in [-0.2, -0.15) is 0 Å².